The van der Waals surface area contributed by atoms with E-state index in [1.54, 1.807) is 43.1 Å². The van der Waals surface area contributed by atoms with E-state index in [4.69, 9.17) is 14.2 Å². The van der Waals surface area contributed by atoms with Gasteiger partial charge in [-0.15, -0.1) is 0 Å². The van der Waals surface area contributed by atoms with Gasteiger partial charge in [0.05, 0.1) is 33.2 Å². The van der Waals surface area contributed by atoms with Gasteiger partial charge >= 0.3 is 0 Å². The highest BCUT2D eigenvalue weighted by Crippen LogP contribution is 2.34. The van der Waals surface area contributed by atoms with Crippen molar-refractivity contribution in [2.45, 2.75) is 37.4 Å². The van der Waals surface area contributed by atoms with E-state index in [1.807, 2.05) is 18.2 Å². The van der Waals surface area contributed by atoms with Crippen molar-refractivity contribution in [3.8, 4) is 11.5 Å². The number of carbonyl (C=O) groups is 1. The van der Waals surface area contributed by atoms with Crippen LogP contribution in [-0.2, 0) is 9.53 Å². The van der Waals surface area contributed by atoms with Gasteiger partial charge in [-0.2, -0.15) is 0 Å². The molecule has 1 saturated heterocycles. The number of amides is 1. The van der Waals surface area contributed by atoms with Crippen molar-refractivity contribution in [3.05, 3.63) is 90.5 Å². The summed E-state index contributed by atoms with van der Waals surface area (Å²) in [6.45, 7) is 1.61. The number of aliphatic hydroxyl groups is 2. The van der Waals surface area contributed by atoms with Crippen molar-refractivity contribution in [3.63, 3.8) is 0 Å². The van der Waals surface area contributed by atoms with E-state index in [2.05, 4.69) is 56.8 Å². The Bertz CT molecular complexity index is 1830. The summed E-state index contributed by atoms with van der Waals surface area (Å²) >= 11 is 0. The van der Waals surface area contributed by atoms with Gasteiger partial charge in [-0.1, -0.05) is 42.5 Å². The van der Waals surface area contributed by atoms with Crippen LogP contribution >= 0.6 is 0 Å². The molecule has 0 saturated carbocycles. The topological polar surface area (TPSA) is 153 Å². The molecule has 1 aliphatic rings. The van der Waals surface area contributed by atoms with Crippen LogP contribution in [0.2, 0.25) is 0 Å². The fourth-order valence-electron chi connectivity index (χ4n) is 5.66. The molecule has 12 heteroatoms. The first-order chi connectivity index (χ1) is 21.9. The summed E-state index contributed by atoms with van der Waals surface area (Å²) < 4.78 is 18.2. The number of hydrogen-bond donors (Lipinski definition) is 4. The van der Waals surface area contributed by atoms with Gasteiger partial charge in [-0.25, -0.2) is 15.0 Å². The molecule has 0 unspecified atom stereocenters. The third-order valence-electron chi connectivity index (χ3n) is 7.94. The van der Waals surface area contributed by atoms with Gasteiger partial charge in [0, 0.05) is 12.1 Å². The van der Waals surface area contributed by atoms with Gasteiger partial charge in [0.1, 0.15) is 36.1 Å². The number of aromatic nitrogens is 4. The summed E-state index contributed by atoms with van der Waals surface area (Å²) in [5, 5.41) is 29.5. The second kappa shape index (κ2) is 12.9. The second-order valence-corrected chi connectivity index (χ2v) is 10.7. The smallest absolute Gasteiger partial charge is 0.244 e. The molecule has 2 aromatic heterocycles. The van der Waals surface area contributed by atoms with Crippen LogP contribution in [0, 0.1) is 0 Å². The summed E-state index contributed by atoms with van der Waals surface area (Å²) in [5.74, 6) is 1.20. The molecule has 0 aliphatic carbocycles. The Morgan fingerprint density at radius 1 is 1.07 bits per heavy atom. The van der Waals surface area contributed by atoms with Crippen molar-refractivity contribution in [2.24, 2.45) is 0 Å². The lowest BCUT2D eigenvalue weighted by Gasteiger charge is -2.22. The molecule has 3 heterocycles. The Balaban J connectivity index is 1.25. The van der Waals surface area contributed by atoms with Crippen molar-refractivity contribution < 1.29 is 29.2 Å². The first-order valence-electron chi connectivity index (χ1n) is 14.5. The van der Waals surface area contributed by atoms with E-state index < -0.39 is 37.0 Å². The summed E-state index contributed by atoms with van der Waals surface area (Å²) in [5.41, 5.74) is 2.72. The molecule has 1 amide bonds. The molecule has 3 aromatic carbocycles. The largest absolute Gasteiger partial charge is 0.497 e. The Kier molecular flexibility index (Phi) is 8.60. The quantitative estimate of drug-likeness (QED) is 0.173. The van der Waals surface area contributed by atoms with Crippen molar-refractivity contribution in [2.75, 3.05) is 26.1 Å². The number of benzene rings is 3. The summed E-state index contributed by atoms with van der Waals surface area (Å²) in [7, 11) is 3.09. The lowest BCUT2D eigenvalue weighted by atomic mass is 10.00. The number of rotatable bonds is 10. The monoisotopic (exact) mass is 610 g/mol. The van der Waals surface area contributed by atoms with Gasteiger partial charge in [0.2, 0.25) is 5.91 Å². The van der Waals surface area contributed by atoms with Crippen LogP contribution in [0.5, 0.6) is 11.5 Å². The molecule has 4 N–H and O–H groups in total. The normalized spacial score (nSPS) is 20.5. The summed E-state index contributed by atoms with van der Waals surface area (Å²) in [6.07, 6.45) is 2.86. The van der Waals surface area contributed by atoms with Crippen LogP contribution in [0.4, 0.5) is 5.82 Å². The third kappa shape index (κ3) is 6.03. The maximum Gasteiger partial charge on any atom is 0.244 e. The zero-order chi connectivity index (χ0) is 31.5. The molecule has 12 nitrogen and oxygen atoms in total. The molecule has 5 aromatic rings. The number of carbonyl (C=O) groups excluding carboxylic acids is 1. The van der Waals surface area contributed by atoms with Crippen LogP contribution in [-0.4, -0.2) is 74.7 Å². The second-order valence-electron chi connectivity index (χ2n) is 10.7. The zero-order valence-electron chi connectivity index (χ0n) is 25.0. The number of aliphatic hydroxyl groups excluding tert-OH is 2. The zero-order valence-corrected chi connectivity index (χ0v) is 25.0. The molecule has 5 atom stereocenters. The number of methoxy groups -OCH3 is 2. The standard InChI is InChI=1S/C33H34N6O6/c1-19(24-10-6-8-21-7-4-5-9-25(21)24)37-31-29-32(35-17-34-31)39(18-36-29)33-28(30(42)26(16-40)45-33)38-27(41)12-11-20-13-22(43-2)15-23(14-20)44-3/h4-15,17-19,26,28,30,33,40,42H,16H2,1-3H3,(H,38,41)(H,34,35,37)/b12-11+/t19-,26-,28-,30-,33-/m1/s1. The average molecular weight is 611 g/mol. The lowest BCUT2D eigenvalue weighted by molar-refractivity contribution is -0.118. The number of ether oxygens (including phenoxy) is 3. The van der Waals surface area contributed by atoms with E-state index >= 15 is 0 Å². The SMILES string of the molecule is COc1cc(/C=C/C(=O)N[C@@H]2[C@H](O)[C@@H](CO)O[C@H]2n2cnc3c(N[C@H](C)c4cccc5ccccc45)ncnc32)cc(OC)c1. The van der Waals surface area contributed by atoms with Gasteiger partial charge in [-0.05, 0) is 47.0 Å². The molecule has 0 radical (unpaired) electrons. The average Bonchev–Trinajstić information content (AvgIpc) is 3.64. The first kappa shape index (κ1) is 30.0. The molecular formula is C33H34N6O6. The summed E-state index contributed by atoms with van der Waals surface area (Å²) in [6, 6.07) is 18.6. The molecule has 45 heavy (non-hydrogen) atoms. The molecule has 232 valence electrons. The minimum Gasteiger partial charge on any atom is -0.497 e. The van der Waals surface area contributed by atoms with Gasteiger partial charge in [0.15, 0.2) is 23.2 Å². The van der Waals surface area contributed by atoms with Crippen LogP contribution < -0.4 is 20.1 Å². The number of anilines is 1. The van der Waals surface area contributed by atoms with E-state index in [1.165, 1.54) is 18.7 Å². The van der Waals surface area contributed by atoms with E-state index in [0.717, 1.165) is 16.3 Å². The predicted molar refractivity (Wildman–Crippen MR) is 169 cm³/mol. The highest BCUT2D eigenvalue weighted by molar-refractivity contribution is 5.92. The Morgan fingerprint density at radius 3 is 2.58 bits per heavy atom. The Labute approximate surface area is 259 Å². The van der Waals surface area contributed by atoms with Gasteiger partial charge in [-0.3, -0.25) is 9.36 Å². The maximum absolute atomic E-state index is 13.1. The number of fused-ring (bicyclic) bond motifs is 2. The Hall–Kier alpha value is -5.04. The minimum absolute atomic E-state index is 0.106. The Morgan fingerprint density at radius 2 is 1.82 bits per heavy atom. The van der Waals surface area contributed by atoms with Crippen molar-refractivity contribution in [1.82, 2.24) is 24.8 Å². The predicted octanol–water partition coefficient (Wildman–Crippen LogP) is 3.62. The van der Waals surface area contributed by atoms with E-state index in [0.29, 0.717) is 34.0 Å². The third-order valence-corrected chi connectivity index (χ3v) is 7.94. The van der Waals surface area contributed by atoms with Crippen LogP contribution in [0.1, 0.15) is 30.3 Å². The number of hydrogen-bond acceptors (Lipinski definition) is 10. The molecule has 0 bridgehead atoms. The maximum atomic E-state index is 13.1. The molecule has 0 spiro atoms. The lowest BCUT2D eigenvalue weighted by Crippen LogP contribution is -2.46. The summed E-state index contributed by atoms with van der Waals surface area (Å²) in [4.78, 5) is 26.5. The molecule has 1 aliphatic heterocycles. The first-order valence-corrected chi connectivity index (χ1v) is 14.5. The van der Waals surface area contributed by atoms with Crippen molar-refractivity contribution >= 4 is 39.7 Å². The minimum atomic E-state index is -1.20. The fraction of sp³-hybridized carbons (Fsp3) is 0.273. The fourth-order valence-corrected chi connectivity index (χ4v) is 5.66. The number of imidazole rings is 1. The molecule has 1 fully saturated rings. The van der Waals surface area contributed by atoms with Crippen LogP contribution in [0.3, 0.4) is 0 Å². The van der Waals surface area contributed by atoms with Gasteiger partial charge < -0.3 is 35.1 Å². The van der Waals surface area contributed by atoms with Crippen LogP contribution in [0.15, 0.2) is 79.4 Å². The highest BCUT2D eigenvalue weighted by Gasteiger charge is 2.45. The van der Waals surface area contributed by atoms with E-state index in [-0.39, 0.29) is 6.04 Å². The van der Waals surface area contributed by atoms with Crippen molar-refractivity contribution in [1.29, 1.82) is 0 Å². The highest BCUT2D eigenvalue weighted by atomic mass is 16.5. The number of nitrogens with one attached hydrogen (secondary N) is 2. The number of nitrogens with zero attached hydrogens (tertiary/aromatic N) is 4. The van der Waals surface area contributed by atoms with Crippen LogP contribution in [0.25, 0.3) is 28.0 Å². The van der Waals surface area contributed by atoms with Gasteiger partial charge in [0.25, 0.3) is 0 Å². The molecular weight excluding hydrogens is 576 g/mol. The molecule has 6 rings (SSSR count). The van der Waals surface area contributed by atoms with E-state index in [9.17, 15) is 15.0 Å².